The lowest BCUT2D eigenvalue weighted by Crippen LogP contribution is -2.14. The molecule has 0 unspecified atom stereocenters. The van der Waals surface area contributed by atoms with E-state index in [-0.39, 0.29) is 0 Å². The lowest BCUT2D eigenvalue weighted by molar-refractivity contribution is 0.177. The number of likely N-dealkylation sites (N-methyl/N-ethyl adjacent to an activating group) is 1. The predicted molar refractivity (Wildman–Crippen MR) is 59.8 cm³/mol. The number of ether oxygens (including phenoxy) is 1. The molecule has 0 amide bonds. The first-order valence-corrected chi connectivity index (χ1v) is 5.15. The fourth-order valence-corrected chi connectivity index (χ4v) is 1.61. The van der Waals surface area contributed by atoms with Crippen LogP contribution >= 0.6 is 0 Å². The van der Waals surface area contributed by atoms with Gasteiger partial charge in [0.25, 0.3) is 0 Å². The van der Waals surface area contributed by atoms with E-state index >= 15 is 0 Å². The molecule has 1 aromatic rings. The Kier molecular flexibility index (Phi) is 4.65. The third-order valence-corrected chi connectivity index (χ3v) is 2.37. The molecule has 0 aliphatic heterocycles. The zero-order valence-corrected chi connectivity index (χ0v) is 9.92. The van der Waals surface area contributed by atoms with Crippen molar-refractivity contribution in [1.29, 1.82) is 0 Å². The summed E-state index contributed by atoms with van der Waals surface area (Å²) in [7, 11) is 3.60. The van der Waals surface area contributed by atoms with Gasteiger partial charge in [0.2, 0.25) is 0 Å². The summed E-state index contributed by atoms with van der Waals surface area (Å²) in [5.74, 6) is 0.765. The molecule has 15 heavy (non-hydrogen) atoms. The minimum Gasteiger partial charge on any atom is -0.377 e. The Balaban J connectivity index is 2.88. The van der Waals surface area contributed by atoms with Crippen LogP contribution in [0.25, 0.3) is 0 Å². The van der Waals surface area contributed by atoms with Gasteiger partial charge in [-0.3, -0.25) is 0 Å². The van der Waals surface area contributed by atoms with Crippen LogP contribution in [0.4, 0.5) is 0 Å². The SMILES string of the molecule is CNCCc1c(C)nc(COC)nc1C. The van der Waals surface area contributed by atoms with E-state index in [9.17, 15) is 0 Å². The zero-order valence-electron chi connectivity index (χ0n) is 9.92. The van der Waals surface area contributed by atoms with Gasteiger partial charge in [-0.1, -0.05) is 0 Å². The van der Waals surface area contributed by atoms with Gasteiger partial charge in [-0.05, 0) is 39.4 Å². The molecule has 1 N–H and O–H groups in total. The molecule has 0 spiro atoms. The van der Waals surface area contributed by atoms with E-state index in [2.05, 4.69) is 15.3 Å². The van der Waals surface area contributed by atoms with Gasteiger partial charge in [0.1, 0.15) is 6.61 Å². The van der Waals surface area contributed by atoms with Crippen LogP contribution in [0.15, 0.2) is 0 Å². The lowest BCUT2D eigenvalue weighted by Gasteiger charge is -2.10. The number of aryl methyl sites for hydroxylation is 2. The zero-order chi connectivity index (χ0) is 11.3. The number of hydrogen-bond acceptors (Lipinski definition) is 4. The van der Waals surface area contributed by atoms with Gasteiger partial charge in [0, 0.05) is 18.5 Å². The maximum atomic E-state index is 5.02. The smallest absolute Gasteiger partial charge is 0.154 e. The standard InChI is InChI=1S/C11H19N3O/c1-8-10(5-6-12-3)9(2)14-11(13-8)7-15-4/h12H,5-7H2,1-4H3. The van der Waals surface area contributed by atoms with Gasteiger partial charge >= 0.3 is 0 Å². The van der Waals surface area contributed by atoms with Crippen LogP contribution in [0, 0.1) is 13.8 Å². The number of nitrogens with zero attached hydrogens (tertiary/aromatic N) is 2. The highest BCUT2D eigenvalue weighted by molar-refractivity contribution is 5.24. The quantitative estimate of drug-likeness (QED) is 0.786. The number of nitrogens with one attached hydrogen (secondary N) is 1. The van der Waals surface area contributed by atoms with Crippen LogP contribution in [-0.2, 0) is 17.8 Å². The van der Waals surface area contributed by atoms with E-state index < -0.39 is 0 Å². The monoisotopic (exact) mass is 209 g/mol. The first-order chi connectivity index (χ1) is 7.19. The third kappa shape index (κ3) is 3.25. The first-order valence-electron chi connectivity index (χ1n) is 5.15. The Bertz CT molecular complexity index is 303. The molecule has 0 bridgehead atoms. The highest BCUT2D eigenvalue weighted by Gasteiger charge is 2.07. The fourth-order valence-electron chi connectivity index (χ4n) is 1.61. The van der Waals surface area contributed by atoms with Gasteiger partial charge in [-0.2, -0.15) is 0 Å². The normalized spacial score (nSPS) is 10.7. The summed E-state index contributed by atoms with van der Waals surface area (Å²) in [5, 5.41) is 3.13. The second kappa shape index (κ2) is 5.78. The summed E-state index contributed by atoms with van der Waals surface area (Å²) in [4.78, 5) is 8.83. The average Bonchev–Trinajstić information content (AvgIpc) is 2.17. The predicted octanol–water partition coefficient (Wildman–Crippen LogP) is 1.00. The minimum absolute atomic E-state index is 0.480. The second-order valence-electron chi connectivity index (χ2n) is 3.58. The second-order valence-corrected chi connectivity index (χ2v) is 3.58. The molecule has 4 heteroatoms. The van der Waals surface area contributed by atoms with Crippen molar-refractivity contribution < 1.29 is 4.74 Å². The van der Waals surface area contributed by atoms with E-state index in [0.29, 0.717) is 6.61 Å². The van der Waals surface area contributed by atoms with Gasteiger partial charge < -0.3 is 10.1 Å². The van der Waals surface area contributed by atoms with E-state index in [0.717, 1.165) is 30.2 Å². The number of aromatic nitrogens is 2. The van der Waals surface area contributed by atoms with Crippen molar-refractivity contribution in [3.8, 4) is 0 Å². The Morgan fingerprint density at radius 1 is 1.20 bits per heavy atom. The molecule has 0 saturated carbocycles. The molecule has 1 rings (SSSR count). The largest absolute Gasteiger partial charge is 0.377 e. The summed E-state index contributed by atoms with van der Waals surface area (Å²) in [5.41, 5.74) is 3.36. The Labute approximate surface area is 91.1 Å². The van der Waals surface area contributed by atoms with Gasteiger partial charge in [-0.25, -0.2) is 9.97 Å². The molecule has 0 aliphatic carbocycles. The van der Waals surface area contributed by atoms with E-state index in [1.54, 1.807) is 7.11 Å². The highest BCUT2D eigenvalue weighted by Crippen LogP contribution is 2.11. The summed E-state index contributed by atoms with van der Waals surface area (Å²) in [6, 6.07) is 0. The van der Waals surface area contributed by atoms with Crippen LogP contribution < -0.4 is 5.32 Å². The van der Waals surface area contributed by atoms with Gasteiger partial charge in [0.15, 0.2) is 5.82 Å². The molecule has 0 atom stereocenters. The van der Waals surface area contributed by atoms with Crippen molar-refractivity contribution in [3.63, 3.8) is 0 Å². The molecular formula is C11H19N3O. The van der Waals surface area contributed by atoms with E-state index in [1.807, 2.05) is 20.9 Å². The molecule has 1 heterocycles. The van der Waals surface area contributed by atoms with Crippen molar-refractivity contribution in [2.24, 2.45) is 0 Å². The average molecular weight is 209 g/mol. The molecule has 0 radical (unpaired) electrons. The molecule has 1 aromatic heterocycles. The summed E-state index contributed by atoms with van der Waals surface area (Å²) >= 11 is 0. The van der Waals surface area contributed by atoms with Gasteiger partial charge in [-0.15, -0.1) is 0 Å². The molecule has 0 fully saturated rings. The van der Waals surface area contributed by atoms with Crippen LogP contribution in [-0.4, -0.2) is 30.7 Å². The summed E-state index contributed by atoms with van der Waals surface area (Å²) in [6.45, 7) is 5.49. The molecule has 4 nitrogen and oxygen atoms in total. The topological polar surface area (TPSA) is 47.0 Å². The van der Waals surface area contributed by atoms with Gasteiger partial charge in [0.05, 0.1) is 0 Å². The third-order valence-electron chi connectivity index (χ3n) is 2.37. The summed E-state index contributed by atoms with van der Waals surface area (Å²) < 4.78 is 5.02. The number of rotatable bonds is 5. The fraction of sp³-hybridized carbons (Fsp3) is 0.636. The first kappa shape index (κ1) is 12.1. The van der Waals surface area contributed by atoms with Crippen molar-refractivity contribution in [1.82, 2.24) is 15.3 Å². The Hall–Kier alpha value is -1.00. The van der Waals surface area contributed by atoms with Crippen LogP contribution in [0.5, 0.6) is 0 Å². The highest BCUT2D eigenvalue weighted by atomic mass is 16.5. The van der Waals surface area contributed by atoms with Crippen molar-refractivity contribution in [3.05, 3.63) is 22.8 Å². The maximum Gasteiger partial charge on any atom is 0.154 e. The van der Waals surface area contributed by atoms with Crippen LogP contribution in [0.2, 0.25) is 0 Å². The number of methoxy groups -OCH3 is 1. The molecular weight excluding hydrogens is 190 g/mol. The van der Waals surface area contributed by atoms with Crippen molar-refractivity contribution >= 4 is 0 Å². The van der Waals surface area contributed by atoms with E-state index in [4.69, 9.17) is 4.74 Å². The number of hydrogen-bond donors (Lipinski definition) is 1. The Morgan fingerprint density at radius 2 is 1.80 bits per heavy atom. The molecule has 0 saturated heterocycles. The van der Waals surface area contributed by atoms with Crippen LogP contribution in [0.3, 0.4) is 0 Å². The molecule has 84 valence electrons. The summed E-state index contributed by atoms with van der Waals surface area (Å²) in [6.07, 6.45) is 0.974. The van der Waals surface area contributed by atoms with Crippen molar-refractivity contribution in [2.75, 3.05) is 20.7 Å². The van der Waals surface area contributed by atoms with Crippen LogP contribution in [0.1, 0.15) is 22.8 Å². The lowest BCUT2D eigenvalue weighted by atomic mass is 10.1. The minimum atomic E-state index is 0.480. The Morgan fingerprint density at radius 3 is 2.27 bits per heavy atom. The molecule has 0 aliphatic rings. The maximum absolute atomic E-state index is 5.02. The van der Waals surface area contributed by atoms with Crippen molar-refractivity contribution in [2.45, 2.75) is 26.9 Å². The van der Waals surface area contributed by atoms with E-state index in [1.165, 1.54) is 5.56 Å². The molecule has 0 aromatic carbocycles.